The molecule has 0 aliphatic rings. The van der Waals surface area contributed by atoms with E-state index in [-0.39, 0.29) is 5.78 Å². The van der Waals surface area contributed by atoms with E-state index in [2.05, 4.69) is 0 Å². The first kappa shape index (κ1) is 17.9. The van der Waals surface area contributed by atoms with Gasteiger partial charge in [-0.25, -0.2) is 0 Å². The zero-order chi connectivity index (χ0) is 17.7. The molecule has 2 aromatic carbocycles. The fourth-order valence-electron chi connectivity index (χ4n) is 2.43. The summed E-state index contributed by atoms with van der Waals surface area (Å²) in [5.74, 6) is -2.03. The third kappa shape index (κ3) is 4.52. The van der Waals surface area contributed by atoms with Gasteiger partial charge in [0.1, 0.15) is 11.5 Å². The Labute approximate surface area is 142 Å². The number of carbonyl (C=O) groups is 2. The fourth-order valence-corrected chi connectivity index (χ4v) is 2.43. The summed E-state index contributed by atoms with van der Waals surface area (Å²) in [7, 11) is 0. The van der Waals surface area contributed by atoms with E-state index in [1.165, 1.54) is 0 Å². The number of ketones is 1. The van der Waals surface area contributed by atoms with Crippen LogP contribution in [0.25, 0.3) is 0 Å². The van der Waals surface area contributed by atoms with Gasteiger partial charge < -0.3 is 10.5 Å². The summed E-state index contributed by atoms with van der Waals surface area (Å²) in [5.41, 5.74) is 6.75. The number of nitrogens with two attached hydrogens (primary N) is 1. The van der Waals surface area contributed by atoms with Crippen LogP contribution < -0.4 is 5.73 Å². The molecule has 4 heteroatoms. The zero-order valence-electron chi connectivity index (χ0n) is 14.2. The maximum absolute atomic E-state index is 12.9. The van der Waals surface area contributed by atoms with Gasteiger partial charge >= 0.3 is 5.97 Å². The van der Waals surface area contributed by atoms with Crippen molar-refractivity contribution in [2.24, 2.45) is 11.7 Å². The average Bonchev–Trinajstić information content (AvgIpc) is 2.55. The Morgan fingerprint density at radius 2 is 1.42 bits per heavy atom. The smallest absolute Gasteiger partial charge is 0.319 e. The Bertz CT molecular complexity index is 690. The lowest BCUT2D eigenvalue weighted by atomic mass is 9.87. The van der Waals surface area contributed by atoms with E-state index in [9.17, 15) is 9.59 Å². The van der Waals surface area contributed by atoms with Gasteiger partial charge in [-0.1, -0.05) is 60.7 Å². The van der Waals surface area contributed by atoms with E-state index >= 15 is 0 Å². The van der Waals surface area contributed by atoms with Crippen LogP contribution in [0.5, 0.6) is 0 Å². The number of Topliss-reactive ketones (excluding diaryl/α,β-unsaturated/α-hetero) is 1. The van der Waals surface area contributed by atoms with Crippen molar-refractivity contribution in [3.8, 4) is 0 Å². The lowest BCUT2D eigenvalue weighted by Crippen LogP contribution is -2.39. The largest absolute Gasteiger partial charge is 0.459 e. The molecule has 0 bridgehead atoms. The van der Waals surface area contributed by atoms with E-state index < -0.39 is 23.5 Å². The van der Waals surface area contributed by atoms with Crippen molar-refractivity contribution in [2.45, 2.75) is 32.4 Å². The van der Waals surface area contributed by atoms with Crippen LogP contribution in [0.4, 0.5) is 0 Å². The quantitative estimate of drug-likeness (QED) is 0.519. The lowest BCUT2D eigenvalue weighted by Gasteiger charge is -2.26. The zero-order valence-corrected chi connectivity index (χ0v) is 14.2. The van der Waals surface area contributed by atoms with E-state index in [1.807, 2.05) is 24.3 Å². The minimum atomic E-state index is -1.09. The number of hydrogen-bond donors (Lipinski definition) is 1. The molecule has 0 aromatic heterocycles. The van der Waals surface area contributed by atoms with Crippen LogP contribution in [0.2, 0.25) is 0 Å². The van der Waals surface area contributed by atoms with Gasteiger partial charge in [-0.3, -0.25) is 9.59 Å². The van der Waals surface area contributed by atoms with Crippen molar-refractivity contribution in [3.63, 3.8) is 0 Å². The van der Waals surface area contributed by atoms with Gasteiger partial charge in [-0.05, 0) is 26.3 Å². The molecule has 2 atom stereocenters. The summed E-state index contributed by atoms with van der Waals surface area (Å²) in [6.07, 6.45) is 0. The van der Waals surface area contributed by atoms with E-state index in [1.54, 1.807) is 57.2 Å². The Morgan fingerprint density at radius 1 is 0.917 bits per heavy atom. The minimum Gasteiger partial charge on any atom is -0.459 e. The van der Waals surface area contributed by atoms with Crippen molar-refractivity contribution in [2.75, 3.05) is 0 Å². The summed E-state index contributed by atoms with van der Waals surface area (Å²) in [6, 6.07) is 17.0. The molecule has 0 saturated carbocycles. The van der Waals surface area contributed by atoms with E-state index in [0.29, 0.717) is 5.56 Å². The van der Waals surface area contributed by atoms with E-state index in [4.69, 9.17) is 10.5 Å². The van der Waals surface area contributed by atoms with Crippen molar-refractivity contribution >= 4 is 11.8 Å². The summed E-state index contributed by atoms with van der Waals surface area (Å²) in [6.45, 7) is 5.30. The minimum absolute atomic E-state index is 0.332. The van der Waals surface area contributed by atoms with E-state index in [0.717, 1.165) is 5.56 Å². The summed E-state index contributed by atoms with van der Waals surface area (Å²) < 4.78 is 5.45. The van der Waals surface area contributed by atoms with Crippen LogP contribution in [0.15, 0.2) is 60.7 Å². The molecule has 4 nitrogen and oxygen atoms in total. The number of benzene rings is 2. The summed E-state index contributed by atoms with van der Waals surface area (Å²) >= 11 is 0. The van der Waals surface area contributed by atoms with Crippen LogP contribution in [-0.2, 0) is 9.53 Å². The molecule has 2 N–H and O–H groups in total. The second-order valence-electron chi connectivity index (χ2n) is 6.68. The number of hydrogen-bond acceptors (Lipinski definition) is 4. The summed E-state index contributed by atoms with van der Waals surface area (Å²) in [5, 5.41) is 0. The van der Waals surface area contributed by atoms with Gasteiger partial charge in [0.25, 0.3) is 0 Å². The molecule has 0 saturated heterocycles. The van der Waals surface area contributed by atoms with Gasteiger partial charge in [0, 0.05) is 5.56 Å². The molecule has 0 spiro atoms. The third-order valence-electron chi connectivity index (χ3n) is 3.55. The lowest BCUT2D eigenvalue weighted by molar-refractivity contribution is -0.158. The molecule has 2 rings (SSSR count). The van der Waals surface area contributed by atoms with Crippen LogP contribution >= 0.6 is 0 Å². The highest BCUT2D eigenvalue weighted by Crippen LogP contribution is 2.26. The maximum atomic E-state index is 12.9. The fraction of sp³-hybridized carbons (Fsp3) is 0.300. The Balaban J connectivity index is 2.38. The topological polar surface area (TPSA) is 69.4 Å². The van der Waals surface area contributed by atoms with Gasteiger partial charge in [-0.15, -0.1) is 0 Å². The first-order valence-corrected chi connectivity index (χ1v) is 7.92. The highest BCUT2D eigenvalue weighted by molar-refractivity contribution is 6.09. The molecular formula is C20H23NO3. The Kier molecular flexibility index (Phi) is 5.52. The predicted octanol–water partition coefficient (Wildman–Crippen LogP) is 3.53. The standard InChI is InChI=1S/C20H23NO3/c1-20(2,3)24-19(23)16(17(21)14-10-6-4-7-11-14)18(22)15-12-8-5-9-13-15/h4-13,16-17H,21H2,1-3H3/t16-,17?/m0/s1. The molecule has 1 unspecified atom stereocenters. The molecule has 0 aliphatic carbocycles. The van der Waals surface area contributed by atoms with Crippen LogP contribution in [-0.4, -0.2) is 17.4 Å². The monoisotopic (exact) mass is 325 g/mol. The molecule has 0 amide bonds. The molecule has 0 aliphatic heterocycles. The first-order chi connectivity index (χ1) is 11.3. The molecule has 0 radical (unpaired) electrons. The molecule has 126 valence electrons. The highest BCUT2D eigenvalue weighted by Gasteiger charge is 2.37. The molecule has 2 aromatic rings. The maximum Gasteiger partial charge on any atom is 0.319 e. The Morgan fingerprint density at radius 3 is 1.92 bits per heavy atom. The SMILES string of the molecule is CC(C)(C)OC(=O)[C@H](C(=O)c1ccccc1)C(N)c1ccccc1. The number of rotatable bonds is 5. The van der Waals surface area contributed by atoms with Gasteiger partial charge in [0.2, 0.25) is 0 Å². The molecule has 24 heavy (non-hydrogen) atoms. The molecule has 0 fully saturated rings. The summed E-state index contributed by atoms with van der Waals surface area (Å²) in [4.78, 5) is 25.6. The average molecular weight is 325 g/mol. The predicted molar refractivity (Wildman–Crippen MR) is 93.5 cm³/mol. The van der Waals surface area contributed by atoms with Crippen LogP contribution in [0.3, 0.4) is 0 Å². The molecular weight excluding hydrogens is 302 g/mol. The number of ether oxygens (including phenoxy) is 1. The molecule has 0 heterocycles. The van der Waals surface area contributed by atoms with Gasteiger partial charge in [-0.2, -0.15) is 0 Å². The highest BCUT2D eigenvalue weighted by atomic mass is 16.6. The third-order valence-corrected chi connectivity index (χ3v) is 3.55. The van der Waals surface area contributed by atoms with Gasteiger partial charge in [0.05, 0.1) is 6.04 Å². The van der Waals surface area contributed by atoms with Crippen LogP contribution in [0.1, 0.15) is 42.7 Å². The van der Waals surface area contributed by atoms with Crippen molar-refractivity contribution < 1.29 is 14.3 Å². The Hall–Kier alpha value is -2.46. The van der Waals surface area contributed by atoms with Gasteiger partial charge in [0.15, 0.2) is 5.78 Å². The second kappa shape index (κ2) is 7.41. The second-order valence-corrected chi connectivity index (χ2v) is 6.68. The van der Waals surface area contributed by atoms with Crippen molar-refractivity contribution in [1.82, 2.24) is 0 Å². The number of carbonyl (C=O) groups excluding carboxylic acids is 2. The first-order valence-electron chi connectivity index (χ1n) is 7.92. The number of esters is 1. The van der Waals surface area contributed by atoms with Crippen molar-refractivity contribution in [1.29, 1.82) is 0 Å². The normalized spacial score (nSPS) is 13.8. The van der Waals surface area contributed by atoms with Crippen LogP contribution in [0, 0.1) is 5.92 Å². The van der Waals surface area contributed by atoms with Crippen molar-refractivity contribution in [3.05, 3.63) is 71.8 Å².